The van der Waals surface area contributed by atoms with Crippen molar-refractivity contribution < 1.29 is 0 Å². The van der Waals surface area contributed by atoms with Gasteiger partial charge in [-0.1, -0.05) is 12.1 Å². The number of piperidine rings is 1. The third-order valence-electron chi connectivity index (χ3n) is 7.76. The molecule has 6 rings (SSSR count). The van der Waals surface area contributed by atoms with Gasteiger partial charge in [0.1, 0.15) is 6.07 Å². The van der Waals surface area contributed by atoms with E-state index in [9.17, 15) is 5.26 Å². The molecule has 1 aromatic carbocycles. The SMILES string of the molecule is Bc1ccc2c(N3C[C@@H](C)N4Cc5nc(C6CCNCC6)ccc5[C@H]4C3)ccc(C#N)c2n1. The van der Waals surface area contributed by atoms with E-state index in [1.807, 2.05) is 20.0 Å². The lowest BCUT2D eigenvalue weighted by atomic mass is 9.93. The molecule has 0 saturated carbocycles. The Kier molecular flexibility index (Phi) is 5.08. The summed E-state index contributed by atoms with van der Waals surface area (Å²) in [5.41, 5.74) is 7.50. The fourth-order valence-corrected chi connectivity index (χ4v) is 6.00. The van der Waals surface area contributed by atoms with Gasteiger partial charge < -0.3 is 10.2 Å². The maximum atomic E-state index is 9.60. The second-order valence-electron chi connectivity index (χ2n) is 9.83. The third-order valence-corrected chi connectivity index (χ3v) is 7.76. The maximum Gasteiger partial charge on any atom is 0.163 e. The number of nitriles is 1. The van der Waals surface area contributed by atoms with Gasteiger partial charge in [0, 0.05) is 48.4 Å². The summed E-state index contributed by atoms with van der Waals surface area (Å²) < 4.78 is 0. The number of hydrogen-bond donors (Lipinski definition) is 1. The molecular formula is C26H29BN6. The van der Waals surface area contributed by atoms with Gasteiger partial charge in [0.25, 0.3) is 0 Å². The van der Waals surface area contributed by atoms with E-state index >= 15 is 0 Å². The summed E-state index contributed by atoms with van der Waals surface area (Å²) >= 11 is 0. The van der Waals surface area contributed by atoms with Crippen molar-refractivity contribution in [2.24, 2.45) is 0 Å². The van der Waals surface area contributed by atoms with Gasteiger partial charge in [0.2, 0.25) is 0 Å². The Morgan fingerprint density at radius 3 is 2.73 bits per heavy atom. The summed E-state index contributed by atoms with van der Waals surface area (Å²) in [5, 5.41) is 14.1. The minimum absolute atomic E-state index is 0.349. The van der Waals surface area contributed by atoms with Crippen molar-refractivity contribution in [3.63, 3.8) is 0 Å². The topological polar surface area (TPSA) is 68.1 Å². The quantitative estimate of drug-likeness (QED) is 0.620. The Balaban J connectivity index is 1.34. The number of fused-ring (bicyclic) bond motifs is 4. The van der Waals surface area contributed by atoms with Crippen LogP contribution in [-0.2, 0) is 6.54 Å². The average Bonchev–Trinajstić information content (AvgIpc) is 3.22. The van der Waals surface area contributed by atoms with E-state index in [0.717, 1.165) is 49.2 Å². The van der Waals surface area contributed by atoms with Crippen LogP contribution in [0.25, 0.3) is 10.9 Å². The highest BCUT2D eigenvalue weighted by molar-refractivity contribution is 6.31. The lowest BCUT2D eigenvalue weighted by molar-refractivity contribution is 0.133. The standard InChI is InChI=1S/C26H29BN6/c1-16-13-32(23-6-2-18(12-28)26-20(23)4-7-25(27)31-26)15-24-19-3-5-21(17-8-10-29-11-9-17)30-22(19)14-33(16)24/h2-7,16-17,24,29H,8-11,13-15,27H2,1H3/t16-,24-/m1/s1. The molecule has 7 heteroatoms. The molecule has 0 unspecified atom stereocenters. The number of piperazine rings is 1. The minimum Gasteiger partial charge on any atom is -0.368 e. The van der Waals surface area contributed by atoms with Crippen LogP contribution < -0.4 is 15.8 Å². The van der Waals surface area contributed by atoms with Gasteiger partial charge in [-0.3, -0.25) is 14.9 Å². The first-order valence-electron chi connectivity index (χ1n) is 12.1. The first-order valence-corrected chi connectivity index (χ1v) is 12.1. The Labute approximate surface area is 196 Å². The molecule has 3 aliphatic rings. The molecule has 2 saturated heterocycles. The van der Waals surface area contributed by atoms with Crippen molar-refractivity contribution in [2.45, 2.75) is 44.3 Å². The predicted molar refractivity (Wildman–Crippen MR) is 134 cm³/mol. The summed E-state index contributed by atoms with van der Waals surface area (Å²) in [4.78, 5) is 15.0. The van der Waals surface area contributed by atoms with Crippen LogP contribution in [-0.4, -0.2) is 54.9 Å². The van der Waals surface area contributed by atoms with Crippen molar-refractivity contribution in [3.05, 3.63) is 58.9 Å². The molecule has 2 fully saturated rings. The summed E-state index contributed by atoms with van der Waals surface area (Å²) in [7, 11) is 1.98. The van der Waals surface area contributed by atoms with Gasteiger partial charge in [0.05, 0.1) is 22.8 Å². The Morgan fingerprint density at radius 1 is 1.06 bits per heavy atom. The second-order valence-corrected chi connectivity index (χ2v) is 9.83. The highest BCUT2D eigenvalue weighted by Gasteiger charge is 2.40. The van der Waals surface area contributed by atoms with Crippen LogP contribution in [0.15, 0.2) is 36.4 Å². The molecule has 0 spiro atoms. The van der Waals surface area contributed by atoms with Crippen molar-refractivity contribution in [2.75, 3.05) is 31.1 Å². The number of pyridine rings is 2. The fraction of sp³-hybridized carbons (Fsp3) is 0.423. The Hall–Kier alpha value is -2.95. The van der Waals surface area contributed by atoms with Crippen LogP contribution in [0.2, 0.25) is 0 Å². The first kappa shape index (κ1) is 20.6. The van der Waals surface area contributed by atoms with Crippen LogP contribution in [0.3, 0.4) is 0 Å². The highest BCUT2D eigenvalue weighted by atomic mass is 15.3. The van der Waals surface area contributed by atoms with Crippen molar-refractivity contribution in [1.82, 2.24) is 20.2 Å². The van der Waals surface area contributed by atoms with Gasteiger partial charge in [-0.15, -0.1) is 0 Å². The van der Waals surface area contributed by atoms with Gasteiger partial charge >= 0.3 is 0 Å². The zero-order valence-electron chi connectivity index (χ0n) is 19.4. The van der Waals surface area contributed by atoms with Crippen molar-refractivity contribution in [1.29, 1.82) is 5.26 Å². The van der Waals surface area contributed by atoms with Crippen LogP contribution in [0.4, 0.5) is 5.69 Å². The van der Waals surface area contributed by atoms with E-state index < -0.39 is 0 Å². The zero-order chi connectivity index (χ0) is 22.5. The van der Waals surface area contributed by atoms with E-state index in [4.69, 9.17) is 9.97 Å². The van der Waals surface area contributed by atoms with E-state index in [2.05, 4.69) is 52.4 Å². The molecule has 2 aromatic heterocycles. The van der Waals surface area contributed by atoms with Gasteiger partial charge in [-0.25, -0.2) is 0 Å². The summed E-state index contributed by atoms with van der Waals surface area (Å²) in [6.07, 6.45) is 2.37. The summed E-state index contributed by atoms with van der Waals surface area (Å²) in [5.74, 6) is 0.587. The molecule has 5 heterocycles. The van der Waals surface area contributed by atoms with Crippen LogP contribution in [0.1, 0.15) is 54.2 Å². The molecule has 6 nitrogen and oxygen atoms in total. The second kappa shape index (κ2) is 8.12. The normalized spacial score (nSPS) is 23.3. The summed E-state index contributed by atoms with van der Waals surface area (Å²) in [6.45, 7) is 7.35. The highest BCUT2D eigenvalue weighted by Crippen LogP contribution is 2.41. The molecule has 3 aromatic rings. The van der Waals surface area contributed by atoms with Crippen molar-refractivity contribution >= 4 is 30.0 Å². The maximum absolute atomic E-state index is 9.60. The van der Waals surface area contributed by atoms with Crippen LogP contribution in [0.5, 0.6) is 0 Å². The molecule has 1 N–H and O–H groups in total. The Morgan fingerprint density at radius 2 is 1.91 bits per heavy atom. The number of benzene rings is 1. The first-order chi connectivity index (χ1) is 16.1. The number of nitrogens with zero attached hydrogens (tertiary/aromatic N) is 5. The average molecular weight is 436 g/mol. The monoisotopic (exact) mass is 436 g/mol. The Bertz CT molecular complexity index is 1260. The molecule has 2 atom stereocenters. The third kappa shape index (κ3) is 3.49. The lowest BCUT2D eigenvalue weighted by Crippen LogP contribution is -2.51. The number of rotatable bonds is 2. The molecule has 0 amide bonds. The molecule has 3 aliphatic heterocycles. The number of nitrogens with one attached hydrogen (secondary N) is 1. The van der Waals surface area contributed by atoms with E-state index in [-0.39, 0.29) is 0 Å². The fourth-order valence-electron chi connectivity index (χ4n) is 6.00. The molecular weight excluding hydrogens is 407 g/mol. The van der Waals surface area contributed by atoms with E-state index in [0.29, 0.717) is 23.6 Å². The molecule has 0 radical (unpaired) electrons. The number of hydrogen-bond acceptors (Lipinski definition) is 6. The smallest absolute Gasteiger partial charge is 0.163 e. The molecule has 166 valence electrons. The van der Waals surface area contributed by atoms with Gasteiger partial charge in [0.15, 0.2) is 7.85 Å². The number of anilines is 1. The lowest BCUT2D eigenvalue weighted by Gasteiger charge is -2.43. The molecule has 33 heavy (non-hydrogen) atoms. The van der Waals surface area contributed by atoms with E-state index in [1.54, 1.807) is 0 Å². The van der Waals surface area contributed by atoms with Crippen molar-refractivity contribution in [3.8, 4) is 6.07 Å². The van der Waals surface area contributed by atoms with Gasteiger partial charge in [-0.05, 0) is 68.3 Å². The van der Waals surface area contributed by atoms with Crippen LogP contribution >= 0.6 is 0 Å². The predicted octanol–water partition coefficient (Wildman–Crippen LogP) is 1.99. The van der Waals surface area contributed by atoms with E-state index in [1.165, 1.54) is 35.5 Å². The zero-order valence-corrected chi connectivity index (χ0v) is 19.4. The number of aromatic nitrogens is 2. The molecule has 0 aliphatic carbocycles. The minimum atomic E-state index is 0.349. The van der Waals surface area contributed by atoms with Gasteiger partial charge in [-0.2, -0.15) is 5.26 Å². The molecule has 0 bridgehead atoms. The summed E-state index contributed by atoms with van der Waals surface area (Å²) in [6, 6.07) is 15.9. The van der Waals surface area contributed by atoms with Crippen LogP contribution in [0, 0.1) is 11.3 Å². The largest absolute Gasteiger partial charge is 0.368 e.